The van der Waals surface area contributed by atoms with E-state index in [-0.39, 0.29) is 0 Å². The lowest BCUT2D eigenvalue weighted by Gasteiger charge is -2.14. The van der Waals surface area contributed by atoms with Crippen molar-refractivity contribution in [3.63, 3.8) is 0 Å². The lowest BCUT2D eigenvalue weighted by atomic mass is 9.93. The maximum absolute atomic E-state index is 5.77. The van der Waals surface area contributed by atoms with Crippen LogP contribution >= 0.6 is 0 Å². The predicted molar refractivity (Wildman–Crippen MR) is 67.4 cm³/mol. The fourth-order valence-electron chi connectivity index (χ4n) is 2.65. The summed E-state index contributed by atoms with van der Waals surface area (Å²) in [6.07, 6.45) is 10.8. The van der Waals surface area contributed by atoms with Gasteiger partial charge in [-0.1, -0.05) is 32.1 Å². The number of nitrogens with two attached hydrogens (primary N) is 1. The van der Waals surface area contributed by atoms with Crippen LogP contribution < -0.4 is 5.73 Å². The topological polar surface area (TPSA) is 38.4 Å². The summed E-state index contributed by atoms with van der Waals surface area (Å²) < 4.78 is 0. The molecule has 0 saturated heterocycles. The molecule has 2 heteroatoms. The first-order chi connectivity index (χ1) is 7.36. The molecule has 1 saturated carbocycles. The third kappa shape index (κ3) is 5.31. The first kappa shape index (κ1) is 12.7. The minimum absolute atomic E-state index is 0.793. The molecule has 15 heavy (non-hydrogen) atoms. The molecule has 1 aliphatic rings. The van der Waals surface area contributed by atoms with Gasteiger partial charge in [-0.15, -0.1) is 0 Å². The van der Waals surface area contributed by atoms with E-state index in [1.165, 1.54) is 51.4 Å². The summed E-state index contributed by atoms with van der Waals surface area (Å²) in [5.74, 6) is 1.69. The molecule has 2 atom stereocenters. The van der Waals surface area contributed by atoms with Gasteiger partial charge in [0.2, 0.25) is 0 Å². The number of nitrogens with zero attached hydrogens (tertiary/aromatic N) is 1. The molecule has 0 heterocycles. The first-order valence-corrected chi connectivity index (χ1v) is 6.49. The van der Waals surface area contributed by atoms with Gasteiger partial charge in [-0.25, -0.2) is 0 Å². The van der Waals surface area contributed by atoms with Crippen LogP contribution in [0.4, 0.5) is 0 Å². The Morgan fingerprint density at radius 3 is 2.27 bits per heavy atom. The lowest BCUT2D eigenvalue weighted by molar-refractivity contribution is 0.398. The van der Waals surface area contributed by atoms with Crippen LogP contribution in [-0.4, -0.2) is 19.8 Å². The highest BCUT2D eigenvalue weighted by atomic mass is 14.7. The van der Waals surface area contributed by atoms with Crippen molar-refractivity contribution in [3.05, 3.63) is 0 Å². The molecule has 0 aromatic heterocycles. The Bertz CT molecular complexity index is 168. The fraction of sp³-hybridized carbons (Fsp3) is 0.923. The van der Waals surface area contributed by atoms with Crippen molar-refractivity contribution in [1.29, 1.82) is 0 Å². The van der Waals surface area contributed by atoms with E-state index in [1.807, 2.05) is 0 Å². The van der Waals surface area contributed by atoms with Crippen LogP contribution in [0.25, 0.3) is 0 Å². The zero-order valence-electron chi connectivity index (χ0n) is 9.96. The average Bonchev–Trinajstić information content (AvgIpc) is 2.37. The highest BCUT2D eigenvalue weighted by molar-refractivity contribution is 5.23. The summed E-state index contributed by atoms with van der Waals surface area (Å²) in [6, 6.07) is 0. The van der Waals surface area contributed by atoms with Gasteiger partial charge < -0.3 is 10.7 Å². The fourth-order valence-corrected chi connectivity index (χ4v) is 2.65. The normalized spacial score (nSPS) is 28.9. The molecule has 0 aliphatic heterocycles. The third-order valence-corrected chi connectivity index (χ3v) is 3.73. The monoisotopic (exact) mass is 210 g/mol. The number of hydrogen-bond donors (Lipinski definition) is 1. The largest absolute Gasteiger partial charge is 0.330 e. The Balaban J connectivity index is 2.28. The Labute approximate surface area is 94.3 Å². The van der Waals surface area contributed by atoms with E-state index in [9.17, 15) is 0 Å². The highest BCUT2D eigenvalue weighted by Gasteiger charge is 2.14. The standard InChI is InChI=1S/C13H26N2/c1-15-10-9-12-5-2-3-6-13(11-14)8-4-7-12/h12-13H,1-11,14H2. The van der Waals surface area contributed by atoms with Crippen LogP contribution in [0, 0.1) is 11.8 Å². The summed E-state index contributed by atoms with van der Waals surface area (Å²) in [4.78, 5) is 3.97. The van der Waals surface area contributed by atoms with Crippen LogP contribution in [0.3, 0.4) is 0 Å². The van der Waals surface area contributed by atoms with Gasteiger partial charge in [-0.3, -0.25) is 0 Å². The Kier molecular flexibility index (Phi) is 6.66. The summed E-state index contributed by atoms with van der Waals surface area (Å²) >= 11 is 0. The van der Waals surface area contributed by atoms with Crippen molar-refractivity contribution >= 4 is 6.72 Å². The number of rotatable bonds is 4. The van der Waals surface area contributed by atoms with Gasteiger partial charge in [0.15, 0.2) is 0 Å². The van der Waals surface area contributed by atoms with Crippen molar-refractivity contribution in [1.82, 2.24) is 0 Å². The molecule has 0 spiro atoms. The summed E-state index contributed by atoms with van der Waals surface area (Å²) in [6.45, 7) is 5.40. The summed E-state index contributed by atoms with van der Waals surface area (Å²) in [5, 5.41) is 0. The number of hydrogen-bond acceptors (Lipinski definition) is 2. The molecular weight excluding hydrogens is 184 g/mol. The van der Waals surface area contributed by atoms with E-state index in [4.69, 9.17) is 5.73 Å². The van der Waals surface area contributed by atoms with Gasteiger partial charge in [-0.05, 0) is 44.4 Å². The molecule has 0 radical (unpaired) electrons. The Hall–Kier alpha value is -0.370. The average molecular weight is 210 g/mol. The van der Waals surface area contributed by atoms with Gasteiger partial charge in [0.1, 0.15) is 0 Å². The van der Waals surface area contributed by atoms with Crippen molar-refractivity contribution in [3.8, 4) is 0 Å². The molecule has 0 aromatic rings. The molecule has 0 bridgehead atoms. The van der Waals surface area contributed by atoms with Crippen molar-refractivity contribution in [2.24, 2.45) is 22.6 Å². The smallest absolute Gasteiger partial charge is 0.0384 e. The molecule has 2 N–H and O–H groups in total. The second-order valence-corrected chi connectivity index (χ2v) is 4.92. The summed E-state index contributed by atoms with van der Waals surface area (Å²) in [7, 11) is 0. The van der Waals surface area contributed by atoms with Crippen LogP contribution in [0.1, 0.15) is 51.4 Å². The van der Waals surface area contributed by atoms with Crippen LogP contribution in [0.5, 0.6) is 0 Å². The second-order valence-electron chi connectivity index (χ2n) is 4.92. The highest BCUT2D eigenvalue weighted by Crippen LogP contribution is 2.26. The predicted octanol–water partition coefficient (Wildman–Crippen LogP) is 3.01. The van der Waals surface area contributed by atoms with Gasteiger partial charge in [0.25, 0.3) is 0 Å². The van der Waals surface area contributed by atoms with Gasteiger partial charge in [0.05, 0.1) is 0 Å². The zero-order valence-corrected chi connectivity index (χ0v) is 9.96. The molecule has 0 aromatic carbocycles. The Morgan fingerprint density at radius 2 is 1.60 bits per heavy atom. The van der Waals surface area contributed by atoms with Crippen molar-refractivity contribution < 1.29 is 0 Å². The minimum atomic E-state index is 0.793. The van der Waals surface area contributed by atoms with E-state index in [0.717, 1.165) is 24.9 Å². The van der Waals surface area contributed by atoms with Crippen LogP contribution in [-0.2, 0) is 0 Å². The van der Waals surface area contributed by atoms with E-state index in [0.29, 0.717) is 0 Å². The maximum atomic E-state index is 5.77. The first-order valence-electron chi connectivity index (χ1n) is 6.49. The number of aliphatic imine (C=N–C) groups is 1. The molecule has 1 fully saturated rings. The summed E-state index contributed by atoms with van der Waals surface area (Å²) in [5.41, 5.74) is 5.77. The lowest BCUT2D eigenvalue weighted by Crippen LogP contribution is -2.14. The molecule has 1 rings (SSSR count). The molecule has 2 nitrogen and oxygen atoms in total. The SMILES string of the molecule is C=NCCC1CCCCC(CN)CCC1. The van der Waals surface area contributed by atoms with Crippen LogP contribution in [0.2, 0.25) is 0 Å². The van der Waals surface area contributed by atoms with Gasteiger partial charge >= 0.3 is 0 Å². The quantitative estimate of drug-likeness (QED) is 0.712. The van der Waals surface area contributed by atoms with Crippen molar-refractivity contribution in [2.45, 2.75) is 51.4 Å². The molecule has 0 amide bonds. The molecule has 1 aliphatic carbocycles. The van der Waals surface area contributed by atoms with Gasteiger partial charge in [0, 0.05) is 6.54 Å². The zero-order chi connectivity index (χ0) is 10.9. The molecule has 2 unspecified atom stereocenters. The second kappa shape index (κ2) is 7.86. The van der Waals surface area contributed by atoms with E-state index in [2.05, 4.69) is 11.7 Å². The maximum Gasteiger partial charge on any atom is 0.0384 e. The minimum Gasteiger partial charge on any atom is -0.330 e. The molecular formula is C13H26N2. The Morgan fingerprint density at radius 1 is 1.00 bits per heavy atom. The van der Waals surface area contributed by atoms with Crippen LogP contribution in [0.15, 0.2) is 4.99 Å². The van der Waals surface area contributed by atoms with E-state index < -0.39 is 0 Å². The van der Waals surface area contributed by atoms with E-state index >= 15 is 0 Å². The molecule has 88 valence electrons. The van der Waals surface area contributed by atoms with E-state index in [1.54, 1.807) is 0 Å². The van der Waals surface area contributed by atoms with Gasteiger partial charge in [-0.2, -0.15) is 0 Å². The van der Waals surface area contributed by atoms with Crippen molar-refractivity contribution in [2.75, 3.05) is 13.1 Å². The third-order valence-electron chi connectivity index (χ3n) is 3.73.